The second-order valence-corrected chi connectivity index (χ2v) is 11.0. The quantitative estimate of drug-likeness (QED) is 0.610. The first-order chi connectivity index (χ1) is 17.3. The molecule has 2 aromatic rings. The molecule has 0 unspecified atom stereocenters. The minimum atomic E-state index is -0.347. The maximum Gasteiger partial charge on any atom is 0.321 e. The molecular weight excluding hydrogens is 454 g/mol. The van der Waals surface area contributed by atoms with Gasteiger partial charge in [-0.15, -0.1) is 0 Å². The van der Waals surface area contributed by atoms with Gasteiger partial charge in [0.2, 0.25) is 5.91 Å². The SMILES string of the molecule is CN(C)C1(c2ccccc2)CCC2(CC1)CN(CC(=O)Nc1ncccc1O)C(=O)N2CC1CCC1. The van der Waals surface area contributed by atoms with Crippen LogP contribution in [0.5, 0.6) is 5.75 Å². The Hall–Kier alpha value is -3.13. The molecule has 192 valence electrons. The van der Waals surface area contributed by atoms with Crippen molar-refractivity contribution in [3.05, 3.63) is 54.2 Å². The summed E-state index contributed by atoms with van der Waals surface area (Å²) in [5.41, 5.74) is 1.01. The van der Waals surface area contributed by atoms with Gasteiger partial charge in [0.1, 0.15) is 6.54 Å². The van der Waals surface area contributed by atoms with Crippen LogP contribution < -0.4 is 5.32 Å². The van der Waals surface area contributed by atoms with Crippen molar-refractivity contribution >= 4 is 17.8 Å². The Morgan fingerprint density at radius 3 is 2.44 bits per heavy atom. The highest BCUT2D eigenvalue weighted by Gasteiger charge is 2.55. The summed E-state index contributed by atoms with van der Waals surface area (Å²) in [7, 11) is 4.31. The van der Waals surface area contributed by atoms with E-state index in [1.807, 2.05) is 0 Å². The van der Waals surface area contributed by atoms with Crippen LogP contribution >= 0.6 is 0 Å². The van der Waals surface area contributed by atoms with Gasteiger partial charge >= 0.3 is 6.03 Å². The number of benzene rings is 1. The minimum Gasteiger partial charge on any atom is -0.504 e. The highest BCUT2D eigenvalue weighted by Crippen LogP contribution is 2.49. The zero-order valence-electron chi connectivity index (χ0n) is 21.3. The van der Waals surface area contributed by atoms with Gasteiger partial charge in [0.25, 0.3) is 0 Å². The van der Waals surface area contributed by atoms with Crippen LogP contribution in [0.25, 0.3) is 0 Å². The van der Waals surface area contributed by atoms with Gasteiger partial charge in [-0.2, -0.15) is 0 Å². The lowest BCUT2D eigenvalue weighted by molar-refractivity contribution is -0.116. The van der Waals surface area contributed by atoms with Crippen LogP contribution in [0.15, 0.2) is 48.7 Å². The molecule has 1 aromatic heterocycles. The average molecular weight is 492 g/mol. The molecule has 2 aliphatic carbocycles. The minimum absolute atomic E-state index is 0.0423. The van der Waals surface area contributed by atoms with Crippen LogP contribution in [0.1, 0.15) is 50.5 Å². The second kappa shape index (κ2) is 9.73. The van der Waals surface area contributed by atoms with E-state index in [4.69, 9.17) is 0 Å². The van der Waals surface area contributed by atoms with Gasteiger partial charge in [-0.3, -0.25) is 9.69 Å². The van der Waals surface area contributed by atoms with Gasteiger partial charge in [-0.25, -0.2) is 9.78 Å². The van der Waals surface area contributed by atoms with Crippen molar-refractivity contribution in [1.82, 2.24) is 19.7 Å². The van der Waals surface area contributed by atoms with Crippen molar-refractivity contribution in [1.29, 1.82) is 0 Å². The van der Waals surface area contributed by atoms with Gasteiger partial charge in [0, 0.05) is 24.8 Å². The van der Waals surface area contributed by atoms with E-state index >= 15 is 0 Å². The molecule has 0 bridgehead atoms. The number of urea groups is 1. The summed E-state index contributed by atoms with van der Waals surface area (Å²) in [6, 6.07) is 13.7. The lowest BCUT2D eigenvalue weighted by atomic mass is 9.68. The molecule has 1 aromatic carbocycles. The molecule has 0 radical (unpaired) electrons. The first-order valence-electron chi connectivity index (χ1n) is 13.1. The molecule has 2 heterocycles. The van der Waals surface area contributed by atoms with Crippen molar-refractivity contribution in [2.45, 2.75) is 56.0 Å². The first-order valence-corrected chi connectivity index (χ1v) is 13.1. The van der Waals surface area contributed by atoms with E-state index in [1.165, 1.54) is 37.1 Å². The topological polar surface area (TPSA) is 89.0 Å². The molecule has 36 heavy (non-hydrogen) atoms. The van der Waals surface area contributed by atoms with Crippen LogP contribution in [0.4, 0.5) is 10.6 Å². The van der Waals surface area contributed by atoms with Crippen molar-refractivity contribution in [2.24, 2.45) is 5.92 Å². The van der Waals surface area contributed by atoms with E-state index < -0.39 is 0 Å². The predicted octanol–water partition coefficient (Wildman–Crippen LogP) is 4.03. The Kier molecular flexibility index (Phi) is 6.64. The third-order valence-corrected chi connectivity index (χ3v) is 8.78. The fourth-order valence-corrected chi connectivity index (χ4v) is 6.35. The zero-order valence-corrected chi connectivity index (χ0v) is 21.3. The Bertz CT molecular complexity index is 1090. The summed E-state index contributed by atoms with van der Waals surface area (Å²) >= 11 is 0. The third kappa shape index (κ3) is 4.43. The standard InChI is InChI=1S/C28H37N5O3/c1-31(2)28(22-10-4-3-5-11-22)15-13-27(14-16-28)20-32(26(36)33(27)18-21-8-6-9-21)19-24(35)30-25-23(34)12-7-17-29-25/h3-5,7,10-12,17,21,34H,6,8-9,13-16,18-20H2,1-2H3,(H,29,30,35). The van der Waals surface area contributed by atoms with Crippen LogP contribution in [-0.2, 0) is 10.3 Å². The smallest absolute Gasteiger partial charge is 0.321 e. The van der Waals surface area contributed by atoms with Crippen molar-refractivity contribution < 1.29 is 14.7 Å². The molecule has 3 amide bonds. The fourth-order valence-electron chi connectivity index (χ4n) is 6.35. The van der Waals surface area contributed by atoms with E-state index in [9.17, 15) is 14.7 Å². The second-order valence-electron chi connectivity index (χ2n) is 11.0. The highest BCUT2D eigenvalue weighted by molar-refractivity contribution is 5.95. The lowest BCUT2D eigenvalue weighted by Crippen LogP contribution is -2.56. The number of amides is 3. The van der Waals surface area contributed by atoms with Gasteiger partial charge in [0.15, 0.2) is 11.6 Å². The third-order valence-electron chi connectivity index (χ3n) is 8.78. The van der Waals surface area contributed by atoms with Crippen LogP contribution in [-0.4, -0.2) is 76.0 Å². The number of aromatic nitrogens is 1. The molecule has 3 aliphatic rings. The molecule has 8 nitrogen and oxygen atoms in total. The molecule has 2 N–H and O–H groups in total. The monoisotopic (exact) mass is 491 g/mol. The van der Waals surface area contributed by atoms with Crippen molar-refractivity contribution in [3.8, 4) is 5.75 Å². The molecule has 1 spiro atoms. The Morgan fingerprint density at radius 2 is 1.83 bits per heavy atom. The van der Waals surface area contributed by atoms with Crippen molar-refractivity contribution in [2.75, 3.05) is 39.0 Å². The number of nitrogens with zero attached hydrogens (tertiary/aromatic N) is 4. The molecule has 8 heteroatoms. The van der Waals surface area contributed by atoms with Crippen LogP contribution in [0.2, 0.25) is 0 Å². The number of hydrogen-bond acceptors (Lipinski definition) is 5. The number of carbonyl (C=O) groups is 2. The van der Waals surface area contributed by atoms with Crippen LogP contribution in [0.3, 0.4) is 0 Å². The molecule has 5 rings (SSSR count). The lowest BCUT2D eigenvalue weighted by Gasteiger charge is -2.51. The largest absolute Gasteiger partial charge is 0.504 e. The number of carbonyl (C=O) groups excluding carboxylic acids is 2. The van der Waals surface area contributed by atoms with Crippen molar-refractivity contribution in [3.63, 3.8) is 0 Å². The maximum atomic E-state index is 13.7. The van der Waals surface area contributed by atoms with E-state index in [2.05, 4.69) is 64.5 Å². The number of aromatic hydroxyl groups is 1. The highest BCUT2D eigenvalue weighted by atomic mass is 16.3. The number of rotatable bonds is 7. The number of anilines is 1. The summed E-state index contributed by atoms with van der Waals surface area (Å²) in [5.74, 6) is 0.238. The molecule has 0 atom stereocenters. The number of nitrogens with one attached hydrogen (secondary N) is 1. The van der Waals surface area contributed by atoms with Gasteiger partial charge in [-0.1, -0.05) is 36.8 Å². The van der Waals surface area contributed by atoms with E-state index in [-0.39, 0.29) is 41.1 Å². The fraction of sp³-hybridized carbons (Fsp3) is 0.536. The van der Waals surface area contributed by atoms with E-state index in [0.29, 0.717) is 12.5 Å². The molecule has 2 saturated carbocycles. The predicted molar refractivity (Wildman–Crippen MR) is 139 cm³/mol. The molecule has 1 aliphatic heterocycles. The summed E-state index contributed by atoms with van der Waals surface area (Å²) < 4.78 is 0. The van der Waals surface area contributed by atoms with Crippen LogP contribution in [0, 0.1) is 5.92 Å². The number of hydrogen-bond donors (Lipinski definition) is 2. The zero-order chi connectivity index (χ0) is 25.3. The Labute approximate surface area is 213 Å². The Morgan fingerprint density at radius 1 is 1.11 bits per heavy atom. The molecule has 3 fully saturated rings. The first kappa shape index (κ1) is 24.6. The Balaban J connectivity index is 1.35. The summed E-state index contributed by atoms with van der Waals surface area (Å²) in [5, 5.41) is 12.6. The summed E-state index contributed by atoms with van der Waals surface area (Å²) in [6.07, 6.45) is 8.81. The van der Waals surface area contributed by atoms with Gasteiger partial charge in [-0.05, 0) is 76.2 Å². The summed E-state index contributed by atoms with van der Waals surface area (Å²) in [4.78, 5) is 36.7. The van der Waals surface area contributed by atoms with E-state index in [1.54, 1.807) is 11.0 Å². The molecular formula is C28H37N5O3. The van der Waals surface area contributed by atoms with Gasteiger partial charge in [0.05, 0.1) is 5.54 Å². The average Bonchev–Trinajstić information content (AvgIpc) is 3.08. The number of pyridine rings is 1. The summed E-state index contributed by atoms with van der Waals surface area (Å²) in [6.45, 7) is 1.28. The molecule has 1 saturated heterocycles. The van der Waals surface area contributed by atoms with E-state index in [0.717, 1.165) is 32.2 Å². The maximum absolute atomic E-state index is 13.7. The normalized spacial score (nSPS) is 26.5. The van der Waals surface area contributed by atoms with Gasteiger partial charge < -0.3 is 20.2 Å².